The lowest BCUT2D eigenvalue weighted by Crippen LogP contribution is -1.95. The average molecular weight is 205 g/mol. The van der Waals surface area contributed by atoms with Crippen LogP contribution in [-0.2, 0) is 7.05 Å². The summed E-state index contributed by atoms with van der Waals surface area (Å²) in [5, 5.41) is 4.04. The highest BCUT2D eigenvalue weighted by Crippen LogP contribution is 2.22. The van der Waals surface area contributed by atoms with Crippen molar-refractivity contribution in [3.8, 4) is 11.3 Å². The van der Waals surface area contributed by atoms with Crippen LogP contribution in [0.4, 0.5) is 10.2 Å². The number of nitrogens with zero attached hydrogens (tertiary/aromatic N) is 2. The van der Waals surface area contributed by atoms with E-state index in [0.717, 1.165) is 11.3 Å². The molecule has 0 aliphatic carbocycles. The first-order valence-electron chi connectivity index (χ1n) is 4.64. The van der Waals surface area contributed by atoms with E-state index in [1.54, 1.807) is 29.8 Å². The van der Waals surface area contributed by atoms with Crippen LogP contribution in [0.25, 0.3) is 11.3 Å². The summed E-state index contributed by atoms with van der Waals surface area (Å²) < 4.78 is 14.8. The second-order valence-corrected chi connectivity index (χ2v) is 3.54. The normalized spacial score (nSPS) is 10.6. The third-order valence-corrected chi connectivity index (χ3v) is 2.35. The van der Waals surface area contributed by atoms with Crippen LogP contribution >= 0.6 is 0 Å². The molecule has 0 unspecified atom stereocenters. The Balaban J connectivity index is 2.54. The van der Waals surface area contributed by atoms with Crippen molar-refractivity contribution in [2.45, 2.75) is 6.92 Å². The summed E-state index contributed by atoms with van der Waals surface area (Å²) in [4.78, 5) is 0. The molecule has 0 atom stereocenters. The van der Waals surface area contributed by atoms with Crippen molar-refractivity contribution in [1.82, 2.24) is 9.78 Å². The number of anilines is 1. The molecule has 2 N–H and O–H groups in total. The van der Waals surface area contributed by atoms with Gasteiger partial charge in [-0.05, 0) is 30.7 Å². The Morgan fingerprint density at radius 1 is 1.33 bits per heavy atom. The van der Waals surface area contributed by atoms with Crippen molar-refractivity contribution in [1.29, 1.82) is 0 Å². The van der Waals surface area contributed by atoms with Crippen LogP contribution in [0.1, 0.15) is 5.56 Å². The molecular weight excluding hydrogens is 193 g/mol. The molecular formula is C11H12FN3. The lowest BCUT2D eigenvalue weighted by molar-refractivity contribution is 0.618. The Morgan fingerprint density at radius 3 is 2.60 bits per heavy atom. The van der Waals surface area contributed by atoms with Gasteiger partial charge in [0.1, 0.15) is 11.6 Å². The van der Waals surface area contributed by atoms with E-state index in [2.05, 4.69) is 5.10 Å². The fraction of sp³-hybridized carbons (Fsp3) is 0.182. The minimum atomic E-state index is -0.200. The van der Waals surface area contributed by atoms with E-state index in [4.69, 9.17) is 5.73 Å². The summed E-state index contributed by atoms with van der Waals surface area (Å²) in [6, 6.07) is 6.73. The summed E-state index contributed by atoms with van der Waals surface area (Å²) in [6.45, 7) is 1.73. The Labute approximate surface area is 87.3 Å². The average Bonchev–Trinajstić information content (AvgIpc) is 2.50. The van der Waals surface area contributed by atoms with Crippen LogP contribution in [-0.4, -0.2) is 9.78 Å². The highest BCUT2D eigenvalue weighted by molar-refractivity contribution is 5.63. The molecule has 0 saturated carbocycles. The van der Waals surface area contributed by atoms with Gasteiger partial charge in [-0.2, -0.15) is 5.10 Å². The first-order valence-corrected chi connectivity index (χ1v) is 4.64. The van der Waals surface area contributed by atoms with E-state index in [0.29, 0.717) is 11.4 Å². The number of rotatable bonds is 1. The number of hydrogen-bond donors (Lipinski definition) is 1. The third-order valence-electron chi connectivity index (χ3n) is 2.35. The lowest BCUT2D eigenvalue weighted by atomic mass is 10.1. The minimum absolute atomic E-state index is 0.200. The number of aromatic nitrogens is 2. The Morgan fingerprint density at radius 2 is 2.07 bits per heavy atom. The Bertz CT molecular complexity index is 503. The molecule has 2 aromatic rings. The molecule has 0 spiro atoms. The minimum Gasteiger partial charge on any atom is -0.382 e. The van der Waals surface area contributed by atoms with Crippen molar-refractivity contribution in [2.75, 3.05) is 5.73 Å². The molecule has 0 radical (unpaired) electrons. The van der Waals surface area contributed by atoms with Gasteiger partial charge in [0.15, 0.2) is 0 Å². The fourth-order valence-corrected chi connectivity index (χ4v) is 1.56. The molecule has 1 heterocycles. The lowest BCUT2D eigenvalue weighted by Gasteiger charge is -2.03. The van der Waals surface area contributed by atoms with E-state index in [-0.39, 0.29) is 5.82 Å². The molecule has 0 aliphatic rings. The van der Waals surface area contributed by atoms with Gasteiger partial charge in [0.25, 0.3) is 0 Å². The van der Waals surface area contributed by atoms with Gasteiger partial charge in [-0.1, -0.05) is 0 Å². The maximum atomic E-state index is 13.1. The third kappa shape index (κ3) is 1.70. The van der Waals surface area contributed by atoms with Crippen molar-refractivity contribution in [3.63, 3.8) is 0 Å². The molecule has 1 aromatic carbocycles. The summed E-state index contributed by atoms with van der Waals surface area (Å²) in [7, 11) is 1.81. The molecule has 1 aromatic heterocycles. The molecule has 0 bridgehead atoms. The maximum Gasteiger partial charge on any atom is 0.146 e. The summed E-state index contributed by atoms with van der Waals surface area (Å²) in [6.07, 6.45) is 0. The molecule has 15 heavy (non-hydrogen) atoms. The van der Waals surface area contributed by atoms with E-state index in [1.165, 1.54) is 6.07 Å². The van der Waals surface area contributed by atoms with Crippen molar-refractivity contribution < 1.29 is 4.39 Å². The number of benzene rings is 1. The topological polar surface area (TPSA) is 43.8 Å². The molecule has 78 valence electrons. The molecule has 0 saturated heterocycles. The molecule has 0 amide bonds. The zero-order chi connectivity index (χ0) is 11.0. The van der Waals surface area contributed by atoms with Crippen LogP contribution in [0.15, 0.2) is 24.3 Å². The standard InChI is InChI=1S/C11H12FN3/c1-7-5-8(3-4-9(7)12)10-6-11(13)14-15(10)2/h3-6H,1-2H3,(H2,13,14). The van der Waals surface area contributed by atoms with E-state index >= 15 is 0 Å². The molecule has 3 nitrogen and oxygen atoms in total. The van der Waals surface area contributed by atoms with Gasteiger partial charge in [-0.25, -0.2) is 4.39 Å². The number of nitrogens with two attached hydrogens (primary N) is 1. The van der Waals surface area contributed by atoms with Crippen molar-refractivity contribution in [3.05, 3.63) is 35.6 Å². The van der Waals surface area contributed by atoms with Crippen LogP contribution in [0.3, 0.4) is 0 Å². The van der Waals surface area contributed by atoms with Gasteiger partial charge in [0, 0.05) is 18.7 Å². The van der Waals surface area contributed by atoms with Crippen LogP contribution in [0, 0.1) is 12.7 Å². The first kappa shape index (κ1) is 9.71. The smallest absolute Gasteiger partial charge is 0.146 e. The number of hydrogen-bond acceptors (Lipinski definition) is 2. The first-order chi connectivity index (χ1) is 7.08. The maximum absolute atomic E-state index is 13.1. The largest absolute Gasteiger partial charge is 0.382 e. The van der Waals surface area contributed by atoms with Crippen LogP contribution < -0.4 is 5.73 Å². The number of nitrogen functional groups attached to an aromatic ring is 1. The zero-order valence-corrected chi connectivity index (χ0v) is 8.66. The second-order valence-electron chi connectivity index (χ2n) is 3.54. The predicted octanol–water partition coefficient (Wildman–Crippen LogP) is 2.12. The predicted molar refractivity (Wildman–Crippen MR) is 57.8 cm³/mol. The van der Waals surface area contributed by atoms with Crippen molar-refractivity contribution >= 4 is 5.82 Å². The number of aryl methyl sites for hydroxylation is 2. The van der Waals surface area contributed by atoms with Crippen LogP contribution in [0.5, 0.6) is 0 Å². The highest BCUT2D eigenvalue weighted by atomic mass is 19.1. The molecule has 0 fully saturated rings. The van der Waals surface area contributed by atoms with Crippen LogP contribution in [0.2, 0.25) is 0 Å². The molecule has 0 aliphatic heterocycles. The van der Waals surface area contributed by atoms with Gasteiger partial charge in [-0.15, -0.1) is 0 Å². The number of halogens is 1. The van der Waals surface area contributed by atoms with Crippen molar-refractivity contribution in [2.24, 2.45) is 7.05 Å². The van der Waals surface area contributed by atoms with E-state index in [9.17, 15) is 4.39 Å². The van der Waals surface area contributed by atoms with Gasteiger partial charge < -0.3 is 5.73 Å². The fourth-order valence-electron chi connectivity index (χ4n) is 1.56. The van der Waals surface area contributed by atoms with E-state index < -0.39 is 0 Å². The Kier molecular flexibility index (Phi) is 2.19. The van der Waals surface area contributed by atoms with E-state index in [1.807, 2.05) is 7.05 Å². The Hall–Kier alpha value is -1.84. The van der Waals surface area contributed by atoms with Gasteiger partial charge >= 0.3 is 0 Å². The summed E-state index contributed by atoms with van der Waals surface area (Å²) in [5.74, 6) is 0.267. The SMILES string of the molecule is Cc1cc(-c2cc(N)nn2C)ccc1F. The molecule has 4 heteroatoms. The van der Waals surface area contributed by atoms with Gasteiger partial charge in [0.05, 0.1) is 5.69 Å². The molecule has 2 rings (SSSR count). The van der Waals surface area contributed by atoms with Gasteiger partial charge in [-0.3, -0.25) is 4.68 Å². The zero-order valence-electron chi connectivity index (χ0n) is 8.66. The summed E-state index contributed by atoms with van der Waals surface area (Å²) in [5.41, 5.74) is 8.00. The van der Waals surface area contributed by atoms with Gasteiger partial charge in [0.2, 0.25) is 0 Å². The quantitative estimate of drug-likeness (QED) is 0.774. The monoisotopic (exact) mass is 205 g/mol. The summed E-state index contributed by atoms with van der Waals surface area (Å²) >= 11 is 0. The highest BCUT2D eigenvalue weighted by Gasteiger charge is 2.06. The second kappa shape index (κ2) is 3.38.